The molecule has 43 heavy (non-hydrogen) atoms. The van der Waals surface area contributed by atoms with Crippen molar-refractivity contribution in [3.05, 3.63) is 40.4 Å². The number of aryl methyl sites for hydroxylation is 1. The quantitative estimate of drug-likeness (QED) is 0.152. The maximum atomic E-state index is 12.4. The number of hydrogen-bond acceptors (Lipinski definition) is 11. The van der Waals surface area contributed by atoms with E-state index in [1.54, 1.807) is 0 Å². The summed E-state index contributed by atoms with van der Waals surface area (Å²) in [5, 5.41) is 7.52. The SMILES string of the molecule is CCCCCn1c(COc2ccccc2C)nn([C@@H]2O[C@H](COC(C)=O)[C@@H](OC(C)=O)[C@H](OC(C)=O)[C@H]2NC(C)=O)c1=S. The van der Waals surface area contributed by atoms with Gasteiger partial charge in [-0.15, -0.1) is 0 Å². The summed E-state index contributed by atoms with van der Waals surface area (Å²) in [6.45, 7) is 9.23. The third kappa shape index (κ3) is 9.10. The van der Waals surface area contributed by atoms with Gasteiger partial charge in [0, 0.05) is 34.2 Å². The Morgan fingerprint density at radius 1 is 1.00 bits per heavy atom. The molecular formula is C29H40N4O9S. The maximum Gasteiger partial charge on any atom is 0.303 e. The third-order valence-electron chi connectivity index (χ3n) is 6.73. The van der Waals surface area contributed by atoms with Gasteiger partial charge in [-0.2, -0.15) is 5.10 Å². The molecule has 1 amide bonds. The minimum absolute atomic E-state index is 0.0888. The minimum atomic E-state index is -1.23. The zero-order chi connectivity index (χ0) is 31.7. The molecule has 1 saturated heterocycles. The number of aromatic nitrogens is 3. The van der Waals surface area contributed by atoms with E-state index in [4.69, 9.17) is 41.0 Å². The molecule has 5 atom stereocenters. The Morgan fingerprint density at radius 3 is 2.28 bits per heavy atom. The number of rotatable bonds is 13. The number of unbranched alkanes of at least 4 members (excludes halogenated alkanes) is 2. The Kier molecular flexibility index (Phi) is 12.2. The molecule has 0 bridgehead atoms. The molecule has 0 unspecified atom stereocenters. The molecule has 1 N–H and O–H groups in total. The Hall–Kier alpha value is -3.78. The second-order valence-corrected chi connectivity index (χ2v) is 10.7. The monoisotopic (exact) mass is 620 g/mol. The van der Waals surface area contributed by atoms with Crippen molar-refractivity contribution in [3.8, 4) is 5.75 Å². The van der Waals surface area contributed by atoms with Crippen molar-refractivity contribution in [2.45, 2.75) is 105 Å². The smallest absolute Gasteiger partial charge is 0.303 e. The highest BCUT2D eigenvalue weighted by atomic mass is 32.1. The van der Waals surface area contributed by atoms with E-state index in [1.165, 1.54) is 32.4 Å². The molecule has 1 aromatic heterocycles. The molecule has 1 aromatic carbocycles. The van der Waals surface area contributed by atoms with Crippen LogP contribution in [0.1, 0.15) is 71.5 Å². The summed E-state index contributed by atoms with van der Waals surface area (Å²) in [4.78, 5) is 48.4. The molecule has 14 heteroatoms. The molecule has 0 aliphatic carbocycles. The molecule has 3 rings (SSSR count). The molecule has 236 valence electrons. The highest BCUT2D eigenvalue weighted by Crippen LogP contribution is 2.33. The normalized spacial score (nSPS) is 21.5. The lowest BCUT2D eigenvalue weighted by atomic mass is 9.95. The van der Waals surface area contributed by atoms with E-state index in [-0.39, 0.29) is 18.0 Å². The van der Waals surface area contributed by atoms with Gasteiger partial charge in [0.05, 0.1) is 0 Å². The highest BCUT2D eigenvalue weighted by molar-refractivity contribution is 7.71. The summed E-state index contributed by atoms with van der Waals surface area (Å²) in [6.07, 6.45) is -1.91. The fourth-order valence-electron chi connectivity index (χ4n) is 4.85. The first-order chi connectivity index (χ1) is 20.4. The number of carbonyl (C=O) groups excluding carboxylic acids is 4. The van der Waals surface area contributed by atoms with E-state index < -0.39 is 54.4 Å². The molecule has 2 heterocycles. The van der Waals surface area contributed by atoms with Crippen molar-refractivity contribution in [3.63, 3.8) is 0 Å². The fourth-order valence-corrected chi connectivity index (χ4v) is 5.19. The lowest BCUT2D eigenvalue weighted by Crippen LogP contribution is -2.64. The number of nitrogens with zero attached hydrogens (tertiary/aromatic N) is 3. The molecule has 1 fully saturated rings. The first-order valence-corrected chi connectivity index (χ1v) is 14.6. The van der Waals surface area contributed by atoms with Crippen LogP contribution in [-0.4, -0.2) is 69.1 Å². The number of nitrogens with one attached hydrogen (secondary N) is 1. The van der Waals surface area contributed by atoms with Crippen LogP contribution in [0.3, 0.4) is 0 Å². The first kappa shape index (κ1) is 33.7. The summed E-state index contributed by atoms with van der Waals surface area (Å²) in [7, 11) is 0. The lowest BCUT2D eigenvalue weighted by molar-refractivity contribution is -0.239. The Balaban J connectivity index is 2.12. The number of benzene rings is 1. The maximum absolute atomic E-state index is 12.4. The molecule has 1 aliphatic heterocycles. The van der Waals surface area contributed by atoms with Gasteiger partial charge in [0.1, 0.15) is 31.1 Å². The van der Waals surface area contributed by atoms with E-state index in [0.717, 1.165) is 24.8 Å². The average Bonchev–Trinajstić information content (AvgIpc) is 3.23. The molecule has 13 nitrogen and oxygen atoms in total. The van der Waals surface area contributed by atoms with Crippen molar-refractivity contribution in [1.29, 1.82) is 0 Å². The number of ether oxygens (including phenoxy) is 5. The van der Waals surface area contributed by atoms with Crippen molar-refractivity contribution in [1.82, 2.24) is 19.7 Å². The van der Waals surface area contributed by atoms with Gasteiger partial charge >= 0.3 is 17.9 Å². The van der Waals surface area contributed by atoms with Crippen LogP contribution in [0.25, 0.3) is 0 Å². The molecule has 0 spiro atoms. The lowest BCUT2D eigenvalue weighted by Gasteiger charge is -2.45. The Labute approximate surface area is 255 Å². The Morgan fingerprint density at radius 2 is 1.67 bits per heavy atom. The van der Waals surface area contributed by atoms with Gasteiger partial charge in [0.2, 0.25) is 5.91 Å². The van der Waals surface area contributed by atoms with Gasteiger partial charge in [-0.1, -0.05) is 38.0 Å². The third-order valence-corrected chi connectivity index (χ3v) is 7.14. The van der Waals surface area contributed by atoms with E-state index >= 15 is 0 Å². The van der Waals surface area contributed by atoms with Gasteiger partial charge in [-0.05, 0) is 37.2 Å². The minimum Gasteiger partial charge on any atom is -0.485 e. The van der Waals surface area contributed by atoms with Gasteiger partial charge in [0.15, 0.2) is 29.0 Å². The molecule has 1 aliphatic rings. The van der Waals surface area contributed by atoms with Crippen LogP contribution in [0.15, 0.2) is 24.3 Å². The number of hydrogen-bond donors (Lipinski definition) is 1. The number of esters is 3. The van der Waals surface area contributed by atoms with Crippen LogP contribution < -0.4 is 10.1 Å². The van der Waals surface area contributed by atoms with Crippen LogP contribution in [0.2, 0.25) is 0 Å². The summed E-state index contributed by atoms with van der Waals surface area (Å²) < 4.78 is 32.3. The van der Waals surface area contributed by atoms with Crippen molar-refractivity contribution < 1.29 is 42.9 Å². The summed E-state index contributed by atoms with van der Waals surface area (Å²) in [6, 6.07) is 6.50. The summed E-state index contributed by atoms with van der Waals surface area (Å²) in [5.41, 5.74) is 0.952. The number of para-hydroxylation sites is 1. The van der Waals surface area contributed by atoms with E-state index in [9.17, 15) is 19.2 Å². The number of carbonyl (C=O) groups is 4. The van der Waals surface area contributed by atoms with E-state index in [0.29, 0.717) is 18.1 Å². The van der Waals surface area contributed by atoms with Crippen molar-refractivity contribution in [2.24, 2.45) is 0 Å². The Bertz CT molecular complexity index is 1360. The van der Waals surface area contributed by atoms with Crippen LogP contribution in [0.5, 0.6) is 5.75 Å². The first-order valence-electron chi connectivity index (χ1n) is 14.2. The molecular weight excluding hydrogens is 580 g/mol. The fraction of sp³-hybridized carbons (Fsp3) is 0.586. The van der Waals surface area contributed by atoms with Crippen LogP contribution in [0.4, 0.5) is 0 Å². The van der Waals surface area contributed by atoms with Crippen LogP contribution in [0, 0.1) is 11.7 Å². The predicted molar refractivity (Wildman–Crippen MR) is 155 cm³/mol. The zero-order valence-corrected chi connectivity index (χ0v) is 26.2. The van der Waals surface area contributed by atoms with Crippen molar-refractivity contribution >= 4 is 36.0 Å². The van der Waals surface area contributed by atoms with E-state index in [1.807, 2.05) is 35.8 Å². The molecule has 0 saturated carbocycles. The second kappa shape index (κ2) is 15.6. The largest absolute Gasteiger partial charge is 0.485 e. The van der Waals surface area contributed by atoms with Crippen molar-refractivity contribution in [2.75, 3.05) is 6.61 Å². The average molecular weight is 621 g/mol. The molecule has 0 radical (unpaired) electrons. The number of amides is 1. The zero-order valence-electron chi connectivity index (χ0n) is 25.4. The van der Waals surface area contributed by atoms with Crippen LogP contribution in [-0.2, 0) is 51.3 Å². The highest BCUT2D eigenvalue weighted by Gasteiger charge is 2.52. The molecule has 2 aromatic rings. The summed E-state index contributed by atoms with van der Waals surface area (Å²) >= 11 is 5.87. The topological polar surface area (TPSA) is 149 Å². The van der Waals surface area contributed by atoms with Gasteiger partial charge in [-0.3, -0.25) is 19.2 Å². The van der Waals surface area contributed by atoms with Gasteiger partial charge in [-0.25, -0.2) is 4.68 Å². The standard InChI is InChI=1S/C29H40N4O9S/c1-7-8-11-14-32-24(16-39-22-13-10-9-12-17(22)2)31-33(29(32)43)28-25(30-18(3)34)27(41-21(6)37)26(40-20(5)36)23(42-28)15-38-19(4)35/h9-10,12-13,23,25-28H,7-8,11,14-16H2,1-6H3,(H,30,34)/t23-,25-,26-,27-,28-/m1/s1. The van der Waals surface area contributed by atoms with E-state index in [2.05, 4.69) is 12.2 Å². The van der Waals surface area contributed by atoms with Gasteiger partial charge in [0.25, 0.3) is 0 Å². The summed E-state index contributed by atoms with van der Waals surface area (Å²) in [5.74, 6) is -1.24. The predicted octanol–water partition coefficient (Wildman–Crippen LogP) is 3.32. The second-order valence-electron chi connectivity index (χ2n) is 10.3. The van der Waals surface area contributed by atoms with Crippen LogP contribution >= 0.6 is 12.2 Å². The van der Waals surface area contributed by atoms with Gasteiger partial charge < -0.3 is 33.6 Å².